The van der Waals surface area contributed by atoms with E-state index in [1.165, 1.54) is 11.4 Å². The third-order valence-corrected chi connectivity index (χ3v) is 3.58. The highest BCUT2D eigenvalue weighted by atomic mass is 35.5. The largest absolute Gasteiger partial charge is 0.383 e. The molecule has 1 aromatic rings. The average molecular weight is 239 g/mol. The Balaban J connectivity index is 2.50. The molecule has 0 saturated carbocycles. The van der Waals surface area contributed by atoms with Crippen molar-refractivity contribution < 1.29 is 0 Å². The zero-order valence-electron chi connectivity index (χ0n) is 10.4. The van der Waals surface area contributed by atoms with E-state index < -0.39 is 0 Å². The molecule has 0 spiro atoms. The molecule has 0 unspecified atom stereocenters. The van der Waals surface area contributed by atoms with E-state index in [1.54, 1.807) is 0 Å². The molecule has 0 atom stereocenters. The Kier molecular flexibility index (Phi) is 2.79. The van der Waals surface area contributed by atoms with Crippen LogP contribution in [0.2, 0.25) is 5.02 Å². The fourth-order valence-corrected chi connectivity index (χ4v) is 2.57. The Labute approximate surface area is 103 Å². The second kappa shape index (κ2) is 3.85. The van der Waals surface area contributed by atoms with Crippen molar-refractivity contribution >= 4 is 23.0 Å². The summed E-state index contributed by atoms with van der Waals surface area (Å²) in [5.74, 6) is 0. The number of benzene rings is 1. The van der Waals surface area contributed by atoms with Crippen LogP contribution in [0.3, 0.4) is 0 Å². The van der Waals surface area contributed by atoms with Crippen LogP contribution in [0, 0.1) is 12.3 Å². The SMILES string of the molecule is Cc1c(Cl)ccc2c1N(C)CC(C)(C)CN2. The maximum atomic E-state index is 6.18. The predicted molar refractivity (Wildman–Crippen MR) is 71.7 cm³/mol. The number of rotatable bonds is 0. The Bertz CT molecular complexity index is 413. The lowest BCUT2D eigenvalue weighted by atomic mass is 9.93. The Hall–Kier alpha value is -0.890. The number of anilines is 2. The van der Waals surface area contributed by atoms with Gasteiger partial charge >= 0.3 is 0 Å². The summed E-state index contributed by atoms with van der Waals surface area (Å²) in [5.41, 5.74) is 3.85. The number of nitrogens with one attached hydrogen (secondary N) is 1. The smallest absolute Gasteiger partial charge is 0.0644 e. The highest BCUT2D eigenvalue weighted by Crippen LogP contribution is 2.37. The first-order chi connectivity index (χ1) is 7.41. The van der Waals surface area contributed by atoms with Gasteiger partial charge in [0.15, 0.2) is 0 Å². The van der Waals surface area contributed by atoms with E-state index in [9.17, 15) is 0 Å². The van der Waals surface area contributed by atoms with E-state index in [2.05, 4.69) is 44.1 Å². The summed E-state index contributed by atoms with van der Waals surface area (Å²) in [4.78, 5) is 2.30. The molecule has 2 rings (SSSR count). The van der Waals surface area contributed by atoms with Crippen molar-refractivity contribution in [3.05, 3.63) is 22.7 Å². The normalized spacial score (nSPS) is 18.7. The lowest BCUT2D eigenvalue weighted by molar-refractivity contribution is 0.402. The van der Waals surface area contributed by atoms with Gasteiger partial charge in [0.25, 0.3) is 0 Å². The standard InChI is InChI=1S/C13H19ClN2/c1-9-10(14)5-6-11-12(9)16(4)8-13(2,3)7-15-11/h5-6,15H,7-8H2,1-4H3. The van der Waals surface area contributed by atoms with Crippen molar-refractivity contribution in [2.75, 3.05) is 30.4 Å². The molecule has 1 heterocycles. The van der Waals surface area contributed by atoms with Gasteiger partial charge in [-0.25, -0.2) is 0 Å². The summed E-state index contributed by atoms with van der Waals surface area (Å²) in [6.45, 7) is 8.66. The Morgan fingerprint density at radius 3 is 2.75 bits per heavy atom. The molecule has 0 radical (unpaired) electrons. The van der Waals surface area contributed by atoms with Crippen LogP contribution in [0.25, 0.3) is 0 Å². The van der Waals surface area contributed by atoms with E-state index in [4.69, 9.17) is 11.6 Å². The third kappa shape index (κ3) is 1.99. The van der Waals surface area contributed by atoms with Gasteiger partial charge in [0, 0.05) is 25.2 Å². The Morgan fingerprint density at radius 1 is 1.38 bits per heavy atom. The zero-order valence-corrected chi connectivity index (χ0v) is 11.2. The molecule has 1 aliphatic rings. The molecule has 0 saturated heterocycles. The summed E-state index contributed by atoms with van der Waals surface area (Å²) < 4.78 is 0. The van der Waals surface area contributed by atoms with E-state index in [1.807, 2.05) is 6.07 Å². The molecular weight excluding hydrogens is 220 g/mol. The van der Waals surface area contributed by atoms with Crippen molar-refractivity contribution in [2.45, 2.75) is 20.8 Å². The fourth-order valence-electron chi connectivity index (χ4n) is 2.42. The molecule has 0 bridgehead atoms. The van der Waals surface area contributed by atoms with E-state index in [-0.39, 0.29) is 5.41 Å². The van der Waals surface area contributed by atoms with Gasteiger partial charge in [0.2, 0.25) is 0 Å². The quantitative estimate of drug-likeness (QED) is 0.744. The van der Waals surface area contributed by atoms with Crippen molar-refractivity contribution in [3.8, 4) is 0 Å². The molecule has 2 nitrogen and oxygen atoms in total. The Morgan fingerprint density at radius 2 is 2.06 bits per heavy atom. The van der Waals surface area contributed by atoms with E-state index in [0.29, 0.717) is 0 Å². The van der Waals surface area contributed by atoms with Gasteiger partial charge in [-0.3, -0.25) is 0 Å². The molecule has 3 heteroatoms. The summed E-state index contributed by atoms with van der Waals surface area (Å²) in [5, 5.41) is 4.35. The first kappa shape index (κ1) is 11.6. The van der Waals surface area contributed by atoms with Crippen LogP contribution in [0.1, 0.15) is 19.4 Å². The van der Waals surface area contributed by atoms with E-state index >= 15 is 0 Å². The molecule has 16 heavy (non-hydrogen) atoms. The van der Waals surface area contributed by atoms with Gasteiger partial charge < -0.3 is 10.2 Å². The lowest BCUT2D eigenvalue weighted by Gasteiger charge is -2.28. The zero-order chi connectivity index (χ0) is 11.9. The summed E-state index contributed by atoms with van der Waals surface area (Å²) in [7, 11) is 2.14. The second-order valence-electron chi connectivity index (χ2n) is 5.44. The molecule has 0 aromatic heterocycles. The molecule has 1 aliphatic heterocycles. The van der Waals surface area contributed by atoms with Crippen LogP contribution in [0.4, 0.5) is 11.4 Å². The summed E-state index contributed by atoms with van der Waals surface area (Å²) in [6, 6.07) is 4.04. The molecule has 0 aliphatic carbocycles. The monoisotopic (exact) mass is 238 g/mol. The van der Waals surface area contributed by atoms with Gasteiger partial charge in [-0.2, -0.15) is 0 Å². The van der Waals surface area contributed by atoms with Gasteiger partial charge in [-0.1, -0.05) is 25.4 Å². The minimum absolute atomic E-state index is 0.271. The number of halogens is 1. The minimum Gasteiger partial charge on any atom is -0.383 e. The molecular formula is C13H19ClN2. The molecule has 1 aromatic carbocycles. The molecule has 88 valence electrons. The van der Waals surface area contributed by atoms with Gasteiger partial charge in [-0.05, 0) is 30.0 Å². The van der Waals surface area contributed by atoms with Crippen molar-refractivity contribution in [3.63, 3.8) is 0 Å². The highest BCUT2D eigenvalue weighted by molar-refractivity contribution is 6.32. The van der Waals surface area contributed by atoms with E-state index in [0.717, 1.165) is 23.7 Å². The van der Waals surface area contributed by atoms with Crippen LogP contribution in [-0.4, -0.2) is 20.1 Å². The van der Waals surface area contributed by atoms with Gasteiger partial charge in [-0.15, -0.1) is 0 Å². The number of fused-ring (bicyclic) bond motifs is 1. The van der Waals surface area contributed by atoms with Gasteiger partial charge in [0.1, 0.15) is 0 Å². The van der Waals surface area contributed by atoms with Crippen LogP contribution in [-0.2, 0) is 0 Å². The number of hydrogen-bond acceptors (Lipinski definition) is 2. The van der Waals surface area contributed by atoms with Crippen molar-refractivity contribution in [1.82, 2.24) is 0 Å². The van der Waals surface area contributed by atoms with Crippen molar-refractivity contribution in [1.29, 1.82) is 0 Å². The van der Waals surface area contributed by atoms with Crippen LogP contribution < -0.4 is 10.2 Å². The van der Waals surface area contributed by atoms with Crippen LogP contribution in [0.15, 0.2) is 12.1 Å². The molecule has 1 N–H and O–H groups in total. The maximum absolute atomic E-state index is 6.18. The maximum Gasteiger partial charge on any atom is 0.0644 e. The molecule has 0 fully saturated rings. The summed E-state index contributed by atoms with van der Waals surface area (Å²) in [6.07, 6.45) is 0. The number of nitrogens with zero attached hydrogens (tertiary/aromatic N) is 1. The fraction of sp³-hybridized carbons (Fsp3) is 0.538. The average Bonchev–Trinajstić information content (AvgIpc) is 2.29. The number of hydrogen-bond donors (Lipinski definition) is 1. The van der Waals surface area contributed by atoms with Crippen LogP contribution >= 0.6 is 11.6 Å². The molecule has 0 amide bonds. The summed E-state index contributed by atoms with van der Waals surface area (Å²) >= 11 is 6.18. The van der Waals surface area contributed by atoms with Crippen molar-refractivity contribution in [2.24, 2.45) is 5.41 Å². The lowest BCUT2D eigenvalue weighted by Crippen LogP contribution is -2.33. The topological polar surface area (TPSA) is 15.3 Å². The predicted octanol–water partition coefficient (Wildman–Crippen LogP) is 3.54. The first-order valence-electron chi connectivity index (χ1n) is 5.65. The second-order valence-corrected chi connectivity index (χ2v) is 5.85. The minimum atomic E-state index is 0.271. The van der Waals surface area contributed by atoms with Crippen LogP contribution in [0.5, 0.6) is 0 Å². The highest BCUT2D eigenvalue weighted by Gasteiger charge is 2.26. The third-order valence-electron chi connectivity index (χ3n) is 3.17. The van der Waals surface area contributed by atoms with Gasteiger partial charge in [0.05, 0.1) is 11.4 Å². The first-order valence-corrected chi connectivity index (χ1v) is 6.03.